The van der Waals surface area contributed by atoms with Crippen molar-refractivity contribution < 1.29 is 23.9 Å². The first-order chi connectivity index (χ1) is 11.1. The largest absolute Gasteiger partial charge is 0.486 e. The van der Waals surface area contributed by atoms with Crippen LogP contribution in [0.15, 0.2) is 48.5 Å². The number of hydrogen-bond acceptors (Lipinski definition) is 6. The van der Waals surface area contributed by atoms with Crippen molar-refractivity contribution in [1.82, 2.24) is 0 Å². The molecule has 0 fully saturated rings. The van der Waals surface area contributed by atoms with E-state index in [1.807, 2.05) is 12.1 Å². The number of esters is 1. The first-order valence-electron chi connectivity index (χ1n) is 6.93. The molecular formula is C16H13NO6. The minimum Gasteiger partial charge on any atom is -0.486 e. The molecule has 0 aliphatic carbocycles. The van der Waals surface area contributed by atoms with E-state index in [1.54, 1.807) is 12.1 Å². The van der Waals surface area contributed by atoms with Gasteiger partial charge in [0.2, 0.25) is 0 Å². The molecule has 7 nitrogen and oxygen atoms in total. The summed E-state index contributed by atoms with van der Waals surface area (Å²) in [6.07, 6.45) is -0.396. The van der Waals surface area contributed by atoms with Crippen LogP contribution in [0.25, 0.3) is 0 Å². The average molecular weight is 315 g/mol. The van der Waals surface area contributed by atoms with Crippen LogP contribution in [0, 0.1) is 10.1 Å². The fourth-order valence-electron chi connectivity index (χ4n) is 2.12. The summed E-state index contributed by atoms with van der Waals surface area (Å²) >= 11 is 0. The van der Waals surface area contributed by atoms with Crippen molar-refractivity contribution in [1.29, 1.82) is 0 Å². The quantitative estimate of drug-likeness (QED) is 0.489. The molecule has 23 heavy (non-hydrogen) atoms. The van der Waals surface area contributed by atoms with Gasteiger partial charge < -0.3 is 14.2 Å². The van der Waals surface area contributed by atoms with E-state index >= 15 is 0 Å². The molecule has 1 atom stereocenters. The maximum absolute atomic E-state index is 11.9. The van der Waals surface area contributed by atoms with Crippen molar-refractivity contribution in [2.45, 2.75) is 6.10 Å². The van der Waals surface area contributed by atoms with Crippen LogP contribution in [0.2, 0.25) is 0 Å². The molecule has 118 valence electrons. The Hall–Kier alpha value is -3.09. The molecule has 0 saturated heterocycles. The second-order valence-corrected chi connectivity index (χ2v) is 4.90. The standard InChI is InChI=1S/C16H13NO6/c18-16(11-5-7-12(8-6-11)17(19)20)22-10-13-9-21-14-3-1-2-4-15(14)23-13/h1-8,13H,9-10H2/t13-/m1/s1. The molecule has 0 aromatic heterocycles. The zero-order valence-electron chi connectivity index (χ0n) is 12.0. The van der Waals surface area contributed by atoms with Gasteiger partial charge in [-0.1, -0.05) is 12.1 Å². The van der Waals surface area contributed by atoms with E-state index in [0.29, 0.717) is 11.5 Å². The molecular weight excluding hydrogens is 302 g/mol. The maximum atomic E-state index is 11.9. The highest BCUT2D eigenvalue weighted by Crippen LogP contribution is 2.30. The zero-order chi connectivity index (χ0) is 16.2. The van der Waals surface area contributed by atoms with Crippen LogP contribution in [0.5, 0.6) is 11.5 Å². The number of rotatable bonds is 4. The lowest BCUT2D eigenvalue weighted by molar-refractivity contribution is -0.384. The number of nitro groups is 1. The first kappa shape index (κ1) is 14.8. The number of non-ortho nitro benzene ring substituents is 1. The summed E-state index contributed by atoms with van der Waals surface area (Å²) in [4.78, 5) is 22.0. The monoisotopic (exact) mass is 315 g/mol. The molecule has 1 heterocycles. The molecule has 2 aromatic carbocycles. The summed E-state index contributed by atoms with van der Waals surface area (Å²) in [5.41, 5.74) is 0.162. The van der Waals surface area contributed by atoms with Crippen LogP contribution in [-0.4, -0.2) is 30.2 Å². The summed E-state index contributed by atoms with van der Waals surface area (Å²) in [7, 11) is 0. The smallest absolute Gasteiger partial charge is 0.338 e. The van der Waals surface area contributed by atoms with E-state index in [4.69, 9.17) is 14.2 Å². The lowest BCUT2D eigenvalue weighted by Gasteiger charge is -2.26. The SMILES string of the molecule is O=C(OC[C@H]1COc2ccccc2O1)c1ccc([N+](=O)[O-])cc1. The van der Waals surface area contributed by atoms with Gasteiger partial charge in [-0.3, -0.25) is 10.1 Å². The second kappa shape index (κ2) is 6.35. The number of para-hydroxylation sites is 2. The molecule has 2 aromatic rings. The van der Waals surface area contributed by atoms with Gasteiger partial charge in [0, 0.05) is 12.1 Å². The Balaban J connectivity index is 1.56. The molecule has 0 radical (unpaired) electrons. The topological polar surface area (TPSA) is 87.9 Å². The Morgan fingerprint density at radius 1 is 1.17 bits per heavy atom. The highest BCUT2D eigenvalue weighted by molar-refractivity contribution is 5.89. The van der Waals surface area contributed by atoms with Crippen molar-refractivity contribution in [3.8, 4) is 11.5 Å². The Labute approximate surface area is 131 Å². The summed E-state index contributed by atoms with van der Waals surface area (Å²) in [5.74, 6) is 0.697. The van der Waals surface area contributed by atoms with Gasteiger partial charge in [0.05, 0.1) is 10.5 Å². The summed E-state index contributed by atoms with van der Waals surface area (Å²) in [6, 6.07) is 12.5. The lowest BCUT2D eigenvalue weighted by Crippen LogP contribution is -2.34. The van der Waals surface area contributed by atoms with E-state index in [-0.39, 0.29) is 24.5 Å². The third-order valence-corrected chi connectivity index (χ3v) is 3.28. The average Bonchev–Trinajstić information content (AvgIpc) is 2.59. The number of ether oxygens (including phenoxy) is 3. The molecule has 0 bridgehead atoms. The number of nitrogens with zero attached hydrogens (tertiary/aromatic N) is 1. The number of hydrogen-bond donors (Lipinski definition) is 0. The summed E-state index contributed by atoms with van der Waals surface area (Å²) in [6.45, 7) is 0.314. The van der Waals surface area contributed by atoms with Crippen LogP contribution >= 0.6 is 0 Å². The normalized spacial score (nSPS) is 15.7. The van der Waals surface area contributed by atoms with Gasteiger partial charge >= 0.3 is 5.97 Å². The first-order valence-corrected chi connectivity index (χ1v) is 6.93. The second-order valence-electron chi connectivity index (χ2n) is 4.90. The molecule has 3 rings (SSSR count). The lowest BCUT2D eigenvalue weighted by atomic mass is 10.2. The van der Waals surface area contributed by atoms with Crippen LogP contribution in [0.4, 0.5) is 5.69 Å². The number of nitro benzene ring substituents is 1. The third-order valence-electron chi connectivity index (χ3n) is 3.28. The van der Waals surface area contributed by atoms with Gasteiger partial charge in [-0.05, 0) is 24.3 Å². The van der Waals surface area contributed by atoms with Crippen molar-refractivity contribution in [2.24, 2.45) is 0 Å². The highest BCUT2D eigenvalue weighted by atomic mass is 16.6. The molecule has 7 heteroatoms. The Morgan fingerprint density at radius 3 is 2.57 bits per heavy atom. The van der Waals surface area contributed by atoms with Gasteiger partial charge in [-0.15, -0.1) is 0 Å². The fourth-order valence-corrected chi connectivity index (χ4v) is 2.12. The summed E-state index contributed by atoms with van der Waals surface area (Å²) in [5, 5.41) is 10.6. The molecule has 0 spiro atoms. The Morgan fingerprint density at radius 2 is 1.87 bits per heavy atom. The van der Waals surface area contributed by atoms with Gasteiger partial charge in [0.1, 0.15) is 13.2 Å². The van der Waals surface area contributed by atoms with Gasteiger partial charge in [-0.2, -0.15) is 0 Å². The van der Waals surface area contributed by atoms with Crippen molar-refractivity contribution in [2.75, 3.05) is 13.2 Å². The van der Waals surface area contributed by atoms with Crippen LogP contribution in [0.3, 0.4) is 0 Å². The van der Waals surface area contributed by atoms with Crippen molar-refractivity contribution in [3.63, 3.8) is 0 Å². The molecule has 1 aliphatic heterocycles. The fraction of sp³-hybridized carbons (Fsp3) is 0.188. The number of carbonyl (C=O) groups is 1. The van der Waals surface area contributed by atoms with E-state index < -0.39 is 17.0 Å². The van der Waals surface area contributed by atoms with E-state index in [9.17, 15) is 14.9 Å². The molecule has 0 unspecified atom stereocenters. The van der Waals surface area contributed by atoms with E-state index in [1.165, 1.54) is 24.3 Å². The van der Waals surface area contributed by atoms with Crippen molar-refractivity contribution in [3.05, 3.63) is 64.2 Å². The van der Waals surface area contributed by atoms with Crippen LogP contribution in [0.1, 0.15) is 10.4 Å². The van der Waals surface area contributed by atoms with Gasteiger partial charge in [0.25, 0.3) is 5.69 Å². The molecule has 0 saturated carbocycles. The maximum Gasteiger partial charge on any atom is 0.338 e. The highest BCUT2D eigenvalue weighted by Gasteiger charge is 2.22. The predicted octanol–water partition coefficient (Wildman–Crippen LogP) is 2.59. The van der Waals surface area contributed by atoms with Gasteiger partial charge in [0.15, 0.2) is 17.6 Å². The Kier molecular flexibility index (Phi) is 4.09. The molecule has 0 amide bonds. The summed E-state index contributed by atoms with van der Waals surface area (Å²) < 4.78 is 16.4. The third kappa shape index (κ3) is 3.39. The van der Waals surface area contributed by atoms with Crippen molar-refractivity contribution >= 4 is 11.7 Å². The number of benzene rings is 2. The molecule has 0 N–H and O–H groups in total. The Bertz CT molecular complexity index is 728. The van der Waals surface area contributed by atoms with E-state index in [0.717, 1.165) is 0 Å². The molecule has 1 aliphatic rings. The van der Waals surface area contributed by atoms with Gasteiger partial charge in [-0.25, -0.2) is 4.79 Å². The number of carbonyl (C=O) groups excluding carboxylic acids is 1. The van der Waals surface area contributed by atoms with E-state index in [2.05, 4.69) is 0 Å². The number of fused-ring (bicyclic) bond motifs is 1. The minimum atomic E-state index is -0.567. The van der Waals surface area contributed by atoms with Crippen LogP contribution in [-0.2, 0) is 4.74 Å². The predicted molar refractivity (Wildman–Crippen MR) is 79.7 cm³/mol. The zero-order valence-corrected chi connectivity index (χ0v) is 12.0. The minimum absolute atomic E-state index is 0.0319. The van der Waals surface area contributed by atoms with Crippen LogP contribution < -0.4 is 9.47 Å².